The number of nitrogens with zero attached hydrogens (tertiary/aromatic N) is 7. The zero-order valence-corrected chi connectivity index (χ0v) is 60.4. The van der Waals surface area contributed by atoms with E-state index in [0.717, 1.165) is 124 Å². The summed E-state index contributed by atoms with van der Waals surface area (Å²) in [5, 5.41) is 10.9. The van der Waals surface area contributed by atoms with E-state index >= 15 is 0 Å². The largest absolute Gasteiger partial charge is 0.493 e. The Morgan fingerprint density at radius 2 is 0.553 bits per heavy atom. The molecular weight excluding hydrogens is 1280 g/mol. The van der Waals surface area contributed by atoms with Crippen LogP contribution in [0.1, 0.15) is 90.0 Å². The van der Waals surface area contributed by atoms with Crippen LogP contribution in [0, 0.1) is 29.6 Å². The van der Waals surface area contributed by atoms with Gasteiger partial charge in [-0.1, -0.05) is 215 Å². The van der Waals surface area contributed by atoms with Gasteiger partial charge in [-0.05, 0) is 162 Å². The summed E-state index contributed by atoms with van der Waals surface area (Å²) >= 11 is 0. The summed E-state index contributed by atoms with van der Waals surface area (Å²) in [6.07, 6.45) is 0. The first-order valence-corrected chi connectivity index (χ1v) is 35.7. The molecule has 0 aliphatic carbocycles. The Labute approximate surface area is 605 Å². The monoisotopic (exact) mass is 1360 g/mol. The van der Waals surface area contributed by atoms with Crippen LogP contribution in [-0.4, -0.2) is 63.0 Å². The molecule has 0 radical (unpaired) electrons. The van der Waals surface area contributed by atoms with Crippen molar-refractivity contribution in [1.29, 1.82) is 0 Å². The average Bonchev–Trinajstić information content (AvgIpc) is 1.44. The Hall–Kier alpha value is -11.7. The summed E-state index contributed by atoms with van der Waals surface area (Å²) in [7, 11) is 0. The molecule has 0 unspecified atom stereocenters. The number of carbonyl (C=O) groups is 2. The number of hydrogen-bond donors (Lipinski definition) is 0. The quantitative estimate of drug-likeness (QED) is 0.0358. The van der Waals surface area contributed by atoms with Crippen molar-refractivity contribution in [2.75, 3.05) is 36.2 Å². The standard InChI is InChI=1S/C76H79N7O4.C14H10O2/c1-50(2)45-81-79-75-69(55-21-25-59(26-22-55)82(61-29-37-65(38-30-61)84-46-51(3)4)62-31-39-66(40-32-62)85-47-52(5)6)73-74(78-72(58-19-15-12-16-20-58)71(77-73)57-17-13-11-14-18-57)70(76(75)80-81)56-23-27-60(28-24-56)83(63-33-41-67(42-34-63)86-48-53(7)8)64-35-43-68(44-36-64)87-49-54(9)10;15-13(11-7-3-1-4-8-11)14(16)12-9-5-2-6-10-12/h11-44,50-54H,45-49H2,1-10H3;1-10H. The van der Waals surface area contributed by atoms with E-state index in [9.17, 15) is 9.59 Å². The fraction of sp³-hybridized carbons (Fsp3) is 0.222. The number of carbonyl (C=O) groups excluding carboxylic acids is 2. The first-order valence-electron chi connectivity index (χ1n) is 35.7. The maximum Gasteiger partial charge on any atom is 0.233 e. The molecule has 0 fully saturated rings. The SMILES string of the molecule is CC(C)COc1ccc(N(c2ccc(OCC(C)C)cc2)c2ccc(-c3c4nc(-c5ccccc5)c(-c5ccccc5)nc4c(-c4ccc(N(c5ccc(OCC(C)C)cc5)c5ccc(OCC(C)C)cc5)cc4)c4nn(CC(C)C)nc34)cc2)cc1.O=C(C(=O)c1ccccc1)c1ccccc1. The molecule has 13 aromatic rings. The van der Waals surface area contributed by atoms with E-state index in [4.69, 9.17) is 39.1 Å². The number of Topliss-reactive ketones (excluding diaryl/α,β-unsaturated/α-hetero) is 2. The van der Waals surface area contributed by atoms with Gasteiger partial charge in [0.2, 0.25) is 11.6 Å². The van der Waals surface area contributed by atoms with Crippen LogP contribution in [0.4, 0.5) is 34.1 Å². The van der Waals surface area contributed by atoms with Gasteiger partial charge in [0, 0.05) is 67.5 Å². The van der Waals surface area contributed by atoms with Gasteiger partial charge in [0.05, 0.1) is 44.4 Å². The van der Waals surface area contributed by atoms with Gasteiger partial charge in [-0.25, -0.2) is 9.97 Å². The Morgan fingerprint density at radius 1 is 0.301 bits per heavy atom. The third-order valence-corrected chi connectivity index (χ3v) is 16.9. The van der Waals surface area contributed by atoms with E-state index in [1.807, 2.05) is 77.6 Å². The fourth-order valence-electron chi connectivity index (χ4n) is 12.0. The molecule has 0 aliphatic rings. The van der Waals surface area contributed by atoms with E-state index in [1.54, 1.807) is 48.5 Å². The van der Waals surface area contributed by atoms with Gasteiger partial charge in [0.15, 0.2) is 0 Å². The van der Waals surface area contributed by atoms with E-state index in [2.05, 4.69) is 225 Å². The highest BCUT2D eigenvalue weighted by molar-refractivity contribution is 6.49. The Kier molecular flexibility index (Phi) is 22.9. The molecule has 2 heterocycles. The predicted molar refractivity (Wildman–Crippen MR) is 419 cm³/mol. The van der Waals surface area contributed by atoms with Gasteiger partial charge in [0.25, 0.3) is 0 Å². The van der Waals surface area contributed by atoms with Gasteiger partial charge in [-0.3, -0.25) is 9.59 Å². The number of hydrogen-bond acceptors (Lipinski definition) is 12. The number of rotatable bonds is 27. The lowest BCUT2D eigenvalue weighted by atomic mass is 9.93. The molecule has 520 valence electrons. The van der Waals surface area contributed by atoms with Gasteiger partial charge in [-0.15, -0.1) is 0 Å². The zero-order valence-electron chi connectivity index (χ0n) is 60.4. The highest BCUT2D eigenvalue weighted by atomic mass is 16.5. The van der Waals surface area contributed by atoms with Crippen LogP contribution in [0.5, 0.6) is 23.0 Å². The second-order valence-electron chi connectivity index (χ2n) is 27.9. The molecule has 11 aromatic carbocycles. The first-order chi connectivity index (χ1) is 50.0. The molecule has 0 N–H and O–H groups in total. The van der Waals surface area contributed by atoms with Crippen molar-refractivity contribution in [3.63, 3.8) is 0 Å². The normalized spacial score (nSPS) is 11.3. The predicted octanol–water partition coefficient (Wildman–Crippen LogP) is 22.5. The molecule has 13 rings (SSSR count). The molecule has 0 atom stereocenters. The van der Waals surface area contributed by atoms with Crippen molar-refractivity contribution >= 4 is 67.8 Å². The highest BCUT2D eigenvalue weighted by Gasteiger charge is 2.28. The topological polar surface area (TPSA) is 134 Å². The number of anilines is 6. The van der Waals surface area contributed by atoms with Crippen LogP contribution in [0.3, 0.4) is 0 Å². The molecule has 0 amide bonds. The van der Waals surface area contributed by atoms with Gasteiger partial charge >= 0.3 is 0 Å². The van der Waals surface area contributed by atoms with Crippen molar-refractivity contribution in [1.82, 2.24) is 25.0 Å². The van der Waals surface area contributed by atoms with Crippen LogP contribution in [0.15, 0.2) is 267 Å². The lowest BCUT2D eigenvalue weighted by Crippen LogP contribution is -2.14. The fourth-order valence-corrected chi connectivity index (χ4v) is 12.0. The Balaban J connectivity index is 0.000000549. The molecule has 13 nitrogen and oxygen atoms in total. The Morgan fingerprint density at radius 3 is 0.806 bits per heavy atom. The number of benzene rings is 11. The van der Waals surface area contributed by atoms with Crippen molar-refractivity contribution in [2.45, 2.75) is 75.8 Å². The molecule has 2 aromatic heterocycles. The van der Waals surface area contributed by atoms with Gasteiger partial charge in [0.1, 0.15) is 45.1 Å². The average molecular weight is 1360 g/mol. The number of ketones is 2. The summed E-state index contributed by atoms with van der Waals surface area (Å²) < 4.78 is 24.6. The second kappa shape index (κ2) is 33.2. The van der Waals surface area contributed by atoms with E-state index in [1.165, 1.54) is 0 Å². The van der Waals surface area contributed by atoms with Crippen molar-refractivity contribution < 1.29 is 28.5 Å². The van der Waals surface area contributed by atoms with Crippen LogP contribution in [-0.2, 0) is 6.54 Å². The lowest BCUT2D eigenvalue weighted by molar-refractivity contribution is 0.0817. The van der Waals surface area contributed by atoms with E-state index in [0.29, 0.717) is 67.8 Å². The molecule has 103 heavy (non-hydrogen) atoms. The summed E-state index contributed by atoms with van der Waals surface area (Å²) in [5.41, 5.74) is 16.7. The molecular formula is C90H89N7O6. The molecule has 0 aliphatic heterocycles. The highest BCUT2D eigenvalue weighted by Crippen LogP contribution is 2.46. The van der Waals surface area contributed by atoms with Gasteiger partial charge < -0.3 is 28.7 Å². The molecule has 0 saturated heterocycles. The number of ether oxygens (including phenoxy) is 4. The van der Waals surface area contributed by atoms with Crippen LogP contribution < -0.4 is 28.7 Å². The lowest BCUT2D eigenvalue weighted by Gasteiger charge is -2.26. The summed E-state index contributed by atoms with van der Waals surface area (Å²) in [5.74, 6) is 4.30. The minimum absolute atomic E-state index is 0.271. The maximum absolute atomic E-state index is 11.8. The van der Waals surface area contributed by atoms with Crippen molar-refractivity contribution in [2.24, 2.45) is 29.6 Å². The third-order valence-electron chi connectivity index (χ3n) is 16.9. The zero-order chi connectivity index (χ0) is 71.9. The summed E-state index contributed by atoms with van der Waals surface area (Å²) in [6, 6.07) is 88.7. The van der Waals surface area contributed by atoms with E-state index in [-0.39, 0.29) is 5.92 Å². The van der Waals surface area contributed by atoms with Crippen LogP contribution >= 0.6 is 0 Å². The minimum atomic E-state index is -0.466. The maximum atomic E-state index is 11.8. The Bertz CT molecular complexity index is 4500. The smallest absolute Gasteiger partial charge is 0.233 e. The number of aromatic nitrogens is 5. The summed E-state index contributed by atoms with van der Waals surface area (Å²) in [4.78, 5) is 41.6. The molecule has 0 spiro atoms. The molecule has 0 saturated carbocycles. The van der Waals surface area contributed by atoms with Crippen LogP contribution in [0.2, 0.25) is 0 Å². The van der Waals surface area contributed by atoms with Gasteiger partial charge in [-0.2, -0.15) is 15.0 Å². The number of fused-ring (bicyclic) bond motifs is 2. The first kappa shape index (κ1) is 71.1. The van der Waals surface area contributed by atoms with E-state index < -0.39 is 11.6 Å². The van der Waals surface area contributed by atoms with Crippen molar-refractivity contribution in [3.8, 4) is 67.8 Å². The minimum Gasteiger partial charge on any atom is -0.493 e. The molecule has 13 heteroatoms. The second-order valence-corrected chi connectivity index (χ2v) is 27.9. The van der Waals surface area contributed by atoms with Crippen LogP contribution in [0.25, 0.3) is 66.8 Å². The molecule has 0 bridgehead atoms. The third kappa shape index (κ3) is 17.5. The van der Waals surface area contributed by atoms with Crippen molar-refractivity contribution in [3.05, 3.63) is 278 Å². The summed E-state index contributed by atoms with van der Waals surface area (Å²) in [6.45, 7) is 24.8.